The van der Waals surface area contributed by atoms with E-state index in [2.05, 4.69) is 30.2 Å². The predicted octanol–water partition coefficient (Wildman–Crippen LogP) is 4.01. The van der Waals surface area contributed by atoms with Gasteiger partial charge in [0, 0.05) is 17.3 Å². The van der Waals surface area contributed by atoms with E-state index in [0.717, 1.165) is 17.5 Å². The van der Waals surface area contributed by atoms with E-state index in [1.54, 1.807) is 25.7 Å². The fraction of sp³-hybridized carbons (Fsp3) is 0.640. The fourth-order valence-corrected chi connectivity index (χ4v) is 3.98. The Hall–Kier alpha value is -2.22. The maximum absolute atomic E-state index is 13.8. The number of ether oxygens (including phenoxy) is 1. The Morgan fingerprint density at radius 2 is 1.73 bits per heavy atom. The molecule has 2 N–H and O–H groups in total. The SMILES string of the molecule is Cc1ccccc1C(C(=O)NC(C)(C)C)N(C(=O)C(CS)NC(=O)OC(C)(C)C)C1CC1C. The van der Waals surface area contributed by atoms with Crippen LogP contribution in [-0.4, -0.2) is 51.8 Å². The van der Waals surface area contributed by atoms with Crippen molar-refractivity contribution >= 4 is 30.5 Å². The number of amides is 3. The molecule has 0 saturated heterocycles. The molecular formula is C25H39N3O4S. The zero-order valence-corrected chi connectivity index (χ0v) is 22.0. The first-order valence-electron chi connectivity index (χ1n) is 11.4. The molecule has 4 atom stereocenters. The number of rotatable bonds is 7. The summed E-state index contributed by atoms with van der Waals surface area (Å²) in [5.41, 5.74) is 0.511. The Morgan fingerprint density at radius 3 is 2.18 bits per heavy atom. The molecule has 2 rings (SSSR count). The molecule has 1 saturated carbocycles. The van der Waals surface area contributed by atoms with E-state index in [4.69, 9.17) is 4.74 Å². The summed E-state index contributed by atoms with van der Waals surface area (Å²) in [7, 11) is 0. The number of hydrogen-bond acceptors (Lipinski definition) is 5. The van der Waals surface area contributed by atoms with Crippen molar-refractivity contribution in [2.45, 2.75) is 91.1 Å². The van der Waals surface area contributed by atoms with E-state index >= 15 is 0 Å². The van der Waals surface area contributed by atoms with Crippen molar-refractivity contribution in [1.82, 2.24) is 15.5 Å². The number of hydrogen-bond donors (Lipinski definition) is 3. The molecule has 4 unspecified atom stereocenters. The Bertz CT molecular complexity index is 875. The van der Waals surface area contributed by atoms with Gasteiger partial charge in [0.25, 0.3) is 0 Å². The summed E-state index contributed by atoms with van der Waals surface area (Å²) in [6.45, 7) is 15.0. The molecule has 7 nitrogen and oxygen atoms in total. The second-order valence-electron chi connectivity index (χ2n) is 10.9. The van der Waals surface area contributed by atoms with Gasteiger partial charge in [0.1, 0.15) is 17.7 Å². The monoisotopic (exact) mass is 477 g/mol. The Labute approximate surface area is 203 Å². The van der Waals surface area contributed by atoms with E-state index in [9.17, 15) is 14.4 Å². The average molecular weight is 478 g/mol. The van der Waals surface area contributed by atoms with E-state index < -0.39 is 29.3 Å². The molecule has 0 aliphatic heterocycles. The molecule has 0 bridgehead atoms. The molecule has 3 amide bonds. The highest BCUT2D eigenvalue weighted by Gasteiger charge is 2.48. The summed E-state index contributed by atoms with van der Waals surface area (Å²) in [4.78, 5) is 41.5. The number of carbonyl (C=O) groups is 3. The first-order valence-corrected chi connectivity index (χ1v) is 12.1. The lowest BCUT2D eigenvalue weighted by molar-refractivity contribution is -0.143. The summed E-state index contributed by atoms with van der Waals surface area (Å²) in [5, 5.41) is 5.69. The Balaban J connectivity index is 2.46. The van der Waals surface area contributed by atoms with Gasteiger partial charge in [0.15, 0.2) is 0 Å². The van der Waals surface area contributed by atoms with Crippen LogP contribution in [0, 0.1) is 12.8 Å². The van der Waals surface area contributed by atoms with Gasteiger partial charge in [-0.3, -0.25) is 9.59 Å². The summed E-state index contributed by atoms with van der Waals surface area (Å²) >= 11 is 4.33. The lowest BCUT2D eigenvalue weighted by atomic mass is 9.96. The van der Waals surface area contributed by atoms with Gasteiger partial charge in [-0.1, -0.05) is 31.2 Å². The van der Waals surface area contributed by atoms with Crippen LogP contribution in [0.3, 0.4) is 0 Å². The van der Waals surface area contributed by atoms with E-state index in [1.807, 2.05) is 52.0 Å². The lowest BCUT2D eigenvalue weighted by Gasteiger charge is -2.36. The van der Waals surface area contributed by atoms with E-state index in [0.29, 0.717) is 0 Å². The molecule has 184 valence electrons. The number of alkyl carbamates (subject to hydrolysis) is 1. The minimum Gasteiger partial charge on any atom is -0.444 e. The van der Waals surface area contributed by atoms with E-state index in [1.165, 1.54) is 0 Å². The summed E-state index contributed by atoms with van der Waals surface area (Å²) < 4.78 is 5.34. The highest BCUT2D eigenvalue weighted by Crippen LogP contribution is 2.41. The number of aryl methyl sites for hydroxylation is 1. The van der Waals surface area contributed by atoms with Crippen LogP contribution in [0.4, 0.5) is 4.79 Å². The maximum Gasteiger partial charge on any atom is 0.408 e. The summed E-state index contributed by atoms with van der Waals surface area (Å²) in [6, 6.07) is 5.74. The van der Waals surface area contributed by atoms with Gasteiger partial charge in [-0.25, -0.2) is 4.79 Å². The second-order valence-corrected chi connectivity index (χ2v) is 11.3. The third-order valence-corrected chi connectivity index (χ3v) is 5.72. The van der Waals surface area contributed by atoms with Crippen molar-refractivity contribution in [3.63, 3.8) is 0 Å². The van der Waals surface area contributed by atoms with Gasteiger partial charge in [-0.05, 0) is 71.9 Å². The number of benzene rings is 1. The molecule has 8 heteroatoms. The van der Waals surface area contributed by atoms with Crippen LogP contribution in [0.1, 0.15) is 72.1 Å². The van der Waals surface area contributed by atoms with Crippen LogP contribution in [0.2, 0.25) is 0 Å². The van der Waals surface area contributed by atoms with Gasteiger partial charge < -0.3 is 20.3 Å². The molecule has 1 aromatic carbocycles. The van der Waals surface area contributed by atoms with Crippen LogP contribution in [0.5, 0.6) is 0 Å². The zero-order chi connectivity index (χ0) is 25.1. The molecule has 0 aromatic heterocycles. The first-order chi connectivity index (χ1) is 15.1. The van der Waals surface area contributed by atoms with Crippen LogP contribution in [-0.2, 0) is 14.3 Å². The normalized spacial score (nSPS) is 19.8. The number of nitrogens with one attached hydrogen (secondary N) is 2. The minimum atomic E-state index is -0.926. The second kappa shape index (κ2) is 10.4. The van der Waals surface area contributed by atoms with Crippen LogP contribution in [0.25, 0.3) is 0 Å². The van der Waals surface area contributed by atoms with Crippen molar-refractivity contribution in [2.75, 3.05) is 5.75 Å². The van der Waals surface area contributed by atoms with Crippen molar-refractivity contribution in [1.29, 1.82) is 0 Å². The molecule has 1 aliphatic carbocycles. The molecule has 1 fully saturated rings. The van der Waals surface area contributed by atoms with Crippen molar-refractivity contribution < 1.29 is 19.1 Å². The number of carbonyl (C=O) groups excluding carboxylic acids is 3. The summed E-state index contributed by atoms with van der Waals surface area (Å²) in [6.07, 6.45) is 0.105. The number of nitrogens with zero attached hydrogens (tertiary/aromatic N) is 1. The highest BCUT2D eigenvalue weighted by molar-refractivity contribution is 7.80. The van der Waals surface area contributed by atoms with Gasteiger partial charge in [0.05, 0.1) is 0 Å². The summed E-state index contributed by atoms with van der Waals surface area (Å²) in [5.74, 6) is -0.260. The Morgan fingerprint density at radius 1 is 1.15 bits per heavy atom. The standard InChI is InChI=1S/C25H39N3O4S/c1-15-11-9-10-12-17(15)20(21(29)27-24(3,4)5)28(19-13-16(19)2)22(30)18(14-33)26-23(31)32-25(6,7)8/h9-12,16,18-20,33H,13-14H2,1-8H3,(H,26,31)(H,27,29). The Kier molecular flexibility index (Phi) is 8.49. The first kappa shape index (κ1) is 27.0. The molecule has 1 aliphatic rings. The van der Waals surface area contributed by atoms with Crippen LogP contribution < -0.4 is 10.6 Å². The fourth-order valence-electron chi connectivity index (χ4n) is 3.74. The molecule has 0 radical (unpaired) electrons. The smallest absolute Gasteiger partial charge is 0.408 e. The quantitative estimate of drug-likeness (QED) is 0.518. The predicted molar refractivity (Wildman–Crippen MR) is 133 cm³/mol. The van der Waals surface area contributed by atoms with E-state index in [-0.39, 0.29) is 29.5 Å². The van der Waals surface area contributed by atoms with Gasteiger partial charge in [-0.2, -0.15) is 12.6 Å². The lowest BCUT2D eigenvalue weighted by Crippen LogP contribution is -2.56. The topological polar surface area (TPSA) is 87.7 Å². The van der Waals surface area contributed by atoms with Crippen molar-refractivity contribution in [3.8, 4) is 0 Å². The van der Waals surface area contributed by atoms with Crippen molar-refractivity contribution in [2.24, 2.45) is 5.92 Å². The highest BCUT2D eigenvalue weighted by atomic mass is 32.1. The molecule has 0 heterocycles. The molecule has 1 aromatic rings. The molecule has 0 spiro atoms. The minimum absolute atomic E-state index is 0.0804. The third kappa shape index (κ3) is 7.66. The van der Waals surface area contributed by atoms with Crippen LogP contribution in [0.15, 0.2) is 24.3 Å². The third-order valence-electron chi connectivity index (χ3n) is 5.36. The van der Waals surface area contributed by atoms with Crippen LogP contribution >= 0.6 is 12.6 Å². The van der Waals surface area contributed by atoms with Gasteiger partial charge in [0.2, 0.25) is 11.8 Å². The zero-order valence-electron chi connectivity index (χ0n) is 21.1. The van der Waals surface area contributed by atoms with Gasteiger partial charge >= 0.3 is 6.09 Å². The van der Waals surface area contributed by atoms with Crippen molar-refractivity contribution in [3.05, 3.63) is 35.4 Å². The molecule has 33 heavy (non-hydrogen) atoms. The number of thiol groups is 1. The maximum atomic E-state index is 13.8. The molecular weight excluding hydrogens is 438 g/mol. The average Bonchev–Trinajstić information content (AvgIpc) is 3.37. The largest absolute Gasteiger partial charge is 0.444 e. The van der Waals surface area contributed by atoms with Gasteiger partial charge in [-0.15, -0.1) is 0 Å².